The molecule has 0 spiro atoms. The summed E-state index contributed by atoms with van der Waals surface area (Å²) in [7, 11) is 0.788. The van der Waals surface area contributed by atoms with Gasteiger partial charge in [-0.3, -0.25) is 14.1 Å². The highest BCUT2D eigenvalue weighted by Crippen LogP contribution is 2.24. The van der Waals surface area contributed by atoms with Crippen LogP contribution in [0.4, 0.5) is 5.82 Å². The van der Waals surface area contributed by atoms with Gasteiger partial charge in [0.1, 0.15) is 11.9 Å². The molecule has 0 aliphatic carbocycles. The fourth-order valence-electron chi connectivity index (χ4n) is 2.96. The Labute approximate surface area is 179 Å². The summed E-state index contributed by atoms with van der Waals surface area (Å²) in [6.07, 6.45) is 3.41. The van der Waals surface area contributed by atoms with Gasteiger partial charge in [-0.1, -0.05) is 6.07 Å². The number of nitrogens with zero attached hydrogens (tertiary/aromatic N) is 6. The lowest BCUT2D eigenvalue weighted by molar-refractivity contribution is 0.258. The molecule has 4 N–H and O–H groups in total. The van der Waals surface area contributed by atoms with Crippen LogP contribution in [-0.4, -0.2) is 58.3 Å². The van der Waals surface area contributed by atoms with Gasteiger partial charge >= 0.3 is 0 Å². The van der Waals surface area contributed by atoms with Crippen molar-refractivity contribution >= 4 is 29.2 Å². The van der Waals surface area contributed by atoms with E-state index in [4.69, 9.17) is 11.5 Å². The zero-order valence-corrected chi connectivity index (χ0v) is 18.4. The molecule has 1 aliphatic heterocycles. The van der Waals surface area contributed by atoms with Crippen LogP contribution in [0.5, 0.6) is 0 Å². The summed E-state index contributed by atoms with van der Waals surface area (Å²) in [5.41, 5.74) is 14.6. The molecule has 2 heterocycles. The Morgan fingerprint density at radius 3 is 2.57 bits per heavy atom. The summed E-state index contributed by atoms with van der Waals surface area (Å²) in [4.78, 5) is 10.4. The van der Waals surface area contributed by atoms with Crippen LogP contribution in [0.15, 0.2) is 51.5 Å². The molecule has 1 saturated heterocycles. The highest BCUT2D eigenvalue weighted by Gasteiger charge is 2.24. The Morgan fingerprint density at radius 1 is 1.40 bits per heavy atom. The van der Waals surface area contributed by atoms with Crippen LogP contribution < -0.4 is 16.5 Å². The molecule has 0 amide bonds. The smallest absolute Gasteiger partial charge is 0.153 e. The van der Waals surface area contributed by atoms with E-state index in [1.807, 2.05) is 24.8 Å². The number of nitrogens with two attached hydrogens (primary N) is 2. The minimum atomic E-state index is -0.791. The Kier molecular flexibility index (Phi) is 8.26. The Bertz CT molecular complexity index is 919. The normalized spacial score (nSPS) is 18.3. The lowest BCUT2D eigenvalue weighted by Crippen LogP contribution is -2.39. The van der Waals surface area contributed by atoms with Crippen molar-refractivity contribution in [2.75, 3.05) is 36.7 Å². The summed E-state index contributed by atoms with van der Waals surface area (Å²) in [6, 6.07) is 5.53. The van der Waals surface area contributed by atoms with E-state index in [-0.39, 0.29) is 5.84 Å². The predicted molar refractivity (Wildman–Crippen MR) is 122 cm³/mol. The first-order chi connectivity index (χ1) is 14.3. The molecule has 0 bridgehead atoms. The van der Waals surface area contributed by atoms with Crippen molar-refractivity contribution in [2.24, 2.45) is 21.6 Å². The quantitative estimate of drug-likeness (QED) is 0.289. The van der Waals surface area contributed by atoms with Gasteiger partial charge in [0, 0.05) is 67.1 Å². The molecule has 0 radical (unpaired) electrons. The number of nitriles is 1. The van der Waals surface area contributed by atoms with E-state index < -0.39 is 16.8 Å². The number of aromatic nitrogens is 1. The lowest BCUT2D eigenvalue weighted by atomic mass is 10.1. The van der Waals surface area contributed by atoms with Crippen molar-refractivity contribution in [1.82, 2.24) is 9.88 Å². The third kappa shape index (κ3) is 5.52. The molecular weight excluding hydrogens is 400 g/mol. The predicted octanol–water partition coefficient (Wildman–Crippen LogP) is 1.26. The maximum Gasteiger partial charge on any atom is 0.153 e. The third-order valence-corrected chi connectivity index (χ3v) is 6.28. The van der Waals surface area contributed by atoms with Gasteiger partial charge in [-0.25, -0.2) is 9.99 Å². The van der Waals surface area contributed by atoms with Gasteiger partial charge in [0.05, 0.1) is 11.8 Å². The molecule has 1 fully saturated rings. The van der Waals surface area contributed by atoms with Gasteiger partial charge < -0.3 is 11.5 Å². The van der Waals surface area contributed by atoms with Crippen molar-refractivity contribution in [2.45, 2.75) is 19.9 Å². The van der Waals surface area contributed by atoms with E-state index >= 15 is 0 Å². The topological polar surface area (TPSA) is 137 Å². The van der Waals surface area contributed by atoms with Crippen molar-refractivity contribution < 1.29 is 4.21 Å². The standard InChI is InChI=1S/C20H28N8OS/c1-14(15(2)19(22)20(23)24-3)13-28(25-4)18-6-5-16(12-26-18)17(11-21)27-7-9-30(29)10-8-27/h5-6,12-13,17H,4,7-10,22H2,1-3H3,(H2,23,24)/b14-13+,19-15-. The molecule has 1 unspecified atom stereocenters. The zero-order valence-electron chi connectivity index (χ0n) is 17.6. The lowest BCUT2D eigenvalue weighted by Gasteiger charge is -2.30. The summed E-state index contributed by atoms with van der Waals surface area (Å²) >= 11 is 0. The van der Waals surface area contributed by atoms with Crippen LogP contribution in [0.25, 0.3) is 0 Å². The van der Waals surface area contributed by atoms with E-state index in [1.54, 1.807) is 25.5 Å². The van der Waals surface area contributed by atoms with E-state index in [1.165, 1.54) is 5.01 Å². The van der Waals surface area contributed by atoms with Crippen LogP contribution in [0.1, 0.15) is 25.5 Å². The number of hydrogen-bond donors (Lipinski definition) is 2. The number of aliphatic imine (C=N–C) groups is 1. The number of rotatable bonds is 7. The van der Waals surface area contributed by atoms with E-state index in [2.05, 4.69) is 27.9 Å². The molecule has 30 heavy (non-hydrogen) atoms. The van der Waals surface area contributed by atoms with Gasteiger partial charge in [-0.05, 0) is 31.1 Å². The molecule has 10 heteroatoms. The first kappa shape index (κ1) is 23.3. The first-order valence-corrected chi connectivity index (χ1v) is 10.9. The van der Waals surface area contributed by atoms with E-state index in [0.717, 1.165) is 16.7 Å². The minimum Gasteiger partial charge on any atom is -0.396 e. The van der Waals surface area contributed by atoms with Crippen molar-refractivity contribution in [3.8, 4) is 6.07 Å². The van der Waals surface area contributed by atoms with E-state index in [9.17, 15) is 9.47 Å². The van der Waals surface area contributed by atoms with Crippen LogP contribution in [-0.2, 0) is 10.8 Å². The maximum atomic E-state index is 11.6. The van der Waals surface area contributed by atoms with Crippen LogP contribution in [0.3, 0.4) is 0 Å². The van der Waals surface area contributed by atoms with Crippen LogP contribution >= 0.6 is 0 Å². The molecule has 160 valence electrons. The largest absolute Gasteiger partial charge is 0.396 e. The molecule has 9 nitrogen and oxygen atoms in total. The van der Waals surface area contributed by atoms with Gasteiger partial charge in [-0.2, -0.15) is 10.4 Å². The number of hydrogen-bond acceptors (Lipinski definition) is 8. The van der Waals surface area contributed by atoms with Gasteiger partial charge in [0.2, 0.25) is 0 Å². The summed E-state index contributed by atoms with van der Waals surface area (Å²) in [5.74, 6) is 1.99. The number of amidine groups is 1. The SMILES string of the molecule is C=NN(/C=C(C)/C(C)=C(\N)C(N)=NC)c1ccc(C(C#N)N2CCS(=O)CC2)cn1. The molecule has 1 aromatic heterocycles. The van der Waals surface area contributed by atoms with Gasteiger partial charge in [0.15, 0.2) is 5.82 Å². The van der Waals surface area contributed by atoms with Crippen molar-refractivity contribution in [3.63, 3.8) is 0 Å². The fourth-order valence-corrected chi connectivity index (χ4v) is 4.04. The first-order valence-electron chi connectivity index (χ1n) is 9.40. The Morgan fingerprint density at radius 2 is 2.07 bits per heavy atom. The van der Waals surface area contributed by atoms with E-state index in [0.29, 0.717) is 36.1 Å². The third-order valence-electron chi connectivity index (χ3n) is 5.00. The number of pyridine rings is 1. The molecule has 1 atom stereocenters. The summed E-state index contributed by atoms with van der Waals surface area (Å²) in [5, 5.41) is 15.2. The highest BCUT2D eigenvalue weighted by atomic mass is 32.2. The average molecular weight is 429 g/mol. The van der Waals surface area contributed by atoms with Crippen molar-refractivity contribution in [1.29, 1.82) is 5.26 Å². The fraction of sp³-hybridized carbons (Fsp3) is 0.400. The maximum absolute atomic E-state index is 11.6. The monoisotopic (exact) mass is 428 g/mol. The second kappa shape index (κ2) is 10.7. The Hall–Kier alpha value is -3.03. The molecule has 0 saturated carbocycles. The molecule has 2 rings (SSSR count). The second-order valence-electron chi connectivity index (χ2n) is 6.81. The molecule has 0 aromatic carbocycles. The molecular formula is C20H28N8OS. The highest BCUT2D eigenvalue weighted by molar-refractivity contribution is 7.85. The molecule has 1 aliphatic rings. The molecule has 1 aromatic rings. The van der Waals surface area contributed by atoms with Crippen LogP contribution in [0.2, 0.25) is 0 Å². The Balaban J connectivity index is 2.23. The number of allylic oxidation sites excluding steroid dienone is 2. The summed E-state index contributed by atoms with van der Waals surface area (Å²) < 4.78 is 11.6. The number of anilines is 1. The minimum absolute atomic E-state index is 0.268. The van der Waals surface area contributed by atoms with Gasteiger partial charge in [-0.15, -0.1) is 0 Å². The van der Waals surface area contributed by atoms with Gasteiger partial charge in [0.25, 0.3) is 0 Å². The van der Waals surface area contributed by atoms with Crippen LogP contribution in [0, 0.1) is 11.3 Å². The second-order valence-corrected chi connectivity index (χ2v) is 8.51. The van der Waals surface area contributed by atoms with Crippen molar-refractivity contribution in [3.05, 3.63) is 46.9 Å². The average Bonchev–Trinajstić information content (AvgIpc) is 2.78. The zero-order chi connectivity index (χ0) is 22.3. The number of hydrazone groups is 1. The summed E-state index contributed by atoms with van der Waals surface area (Å²) in [6.45, 7) is 8.59.